The molecule has 0 aliphatic carbocycles. The van der Waals surface area contributed by atoms with Gasteiger partial charge in [0.25, 0.3) is 0 Å². The van der Waals surface area contributed by atoms with Gasteiger partial charge in [-0.05, 0) is 59.2 Å². The van der Waals surface area contributed by atoms with Crippen LogP contribution in [0.15, 0.2) is 90.0 Å². The Labute approximate surface area is 207 Å². The van der Waals surface area contributed by atoms with E-state index in [1.165, 1.54) is 24.4 Å². The third kappa shape index (κ3) is 6.04. The van der Waals surface area contributed by atoms with E-state index >= 15 is 0 Å². The normalized spacial score (nSPS) is 10.8. The van der Waals surface area contributed by atoms with Crippen LogP contribution >= 0.6 is 0 Å². The number of carbonyl (C=O) groups excluding carboxylic acids is 2. The number of halogens is 1. The number of para-hydroxylation sites is 1. The molecule has 7 nitrogen and oxygen atoms in total. The van der Waals surface area contributed by atoms with Crippen LogP contribution in [0.5, 0.6) is 11.5 Å². The second-order valence-electron chi connectivity index (χ2n) is 7.70. The molecule has 36 heavy (non-hydrogen) atoms. The number of anilines is 1. The van der Waals surface area contributed by atoms with Crippen LogP contribution in [-0.2, 0) is 16.2 Å². The second-order valence-corrected chi connectivity index (χ2v) is 7.70. The van der Waals surface area contributed by atoms with Gasteiger partial charge in [-0.1, -0.05) is 54.6 Å². The summed E-state index contributed by atoms with van der Waals surface area (Å²) in [6.07, 6.45) is 1.37. The summed E-state index contributed by atoms with van der Waals surface area (Å²) in [4.78, 5) is 23.9. The highest BCUT2D eigenvalue weighted by atomic mass is 19.1. The van der Waals surface area contributed by atoms with Gasteiger partial charge in [0, 0.05) is 0 Å². The fourth-order valence-corrected chi connectivity index (χ4v) is 3.52. The molecule has 4 aromatic rings. The van der Waals surface area contributed by atoms with E-state index in [-0.39, 0.29) is 5.69 Å². The lowest BCUT2D eigenvalue weighted by molar-refractivity contribution is -0.136. The van der Waals surface area contributed by atoms with Crippen LogP contribution in [0.25, 0.3) is 10.8 Å². The van der Waals surface area contributed by atoms with Gasteiger partial charge in [0.05, 0.1) is 18.5 Å². The fraction of sp³-hybridized carbons (Fsp3) is 0.107. The van der Waals surface area contributed by atoms with Gasteiger partial charge in [0.15, 0.2) is 11.5 Å². The number of ether oxygens (including phenoxy) is 2. The Kier molecular flexibility index (Phi) is 7.87. The number of benzene rings is 4. The average Bonchev–Trinajstić information content (AvgIpc) is 2.89. The summed E-state index contributed by atoms with van der Waals surface area (Å²) in [6.45, 7) is 2.66. The Morgan fingerprint density at radius 3 is 2.50 bits per heavy atom. The van der Waals surface area contributed by atoms with Gasteiger partial charge in [-0.15, -0.1) is 0 Å². The van der Waals surface area contributed by atoms with Gasteiger partial charge in [0.1, 0.15) is 12.4 Å². The Hall–Kier alpha value is -4.72. The van der Waals surface area contributed by atoms with E-state index in [2.05, 4.69) is 34.0 Å². The number of carbonyl (C=O) groups is 2. The molecule has 0 unspecified atom stereocenters. The zero-order valence-electron chi connectivity index (χ0n) is 19.5. The van der Waals surface area contributed by atoms with Crippen molar-refractivity contribution in [2.75, 3.05) is 11.9 Å². The van der Waals surface area contributed by atoms with E-state index in [0.29, 0.717) is 30.3 Å². The van der Waals surface area contributed by atoms with Crippen molar-refractivity contribution in [2.45, 2.75) is 13.5 Å². The first-order valence-corrected chi connectivity index (χ1v) is 11.3. The van der Waals surface area contributed by atoms with Crippen molar-refractivity contribution in [3.8, 4) is 11.5 Å². The first-order valence-electron chi connectivity index (χ1n) is 11.3. The Bertz CT molecular complexity index is 1420. The molecule has 182 valence electrons. The lowest BCUT2D eigenvalue weighted by Crippen LogP contribution is -2.32. The highest BCUT2D eigenvalue weighted by Gasteiger charge is 2.15. The summed E-state index contributed by atoms with van der Waals surface area (Å²) >= 11 is 0. The van der Waals surface area contributed by atoms with Crippen molar-refractivity contribution in [3.05, 3.63) is 102 Å². The molecule has 0 saturated heterocycles. The van der Waals surface area contributed by atoms with Crippen molar-refractivity contribution in [1.82, 2.24) is 5.43 Å². The highest BCUT2D eigenvalue weighted by Crippen LogP contribution is 2.30. The van der Waals surface area contributed by atoms with Crippen LogP contribution in [0.3, 0.4) is 0 Å². The summed E-state index contributed by atoms with van der Waals surface area (Å²) in [5.41, 5.74) is 3.70. The van der Waals surface area contributed by atoms with E-state index < -0.39 is 17.6 Å². The van der Waals surface area contributed by atoms with E-state index in [0.717, 1.165) is 16.3 Å². The molecule has 0 aromatic heterocycles. The number of amides is 2. The first-order chi connectivity index (χ1) is 17.5. The van der Waals surface area contributed by atoms with Gasteiger partial charge in [0.2, 0.25) is 0 Å². The third-order valence-electron chi connectivity index (χ3n) is 5.24. The Morgan fingerprint density at radius 1 is 0.889 bits per heavy atom. The molecule has 0 bridgehead atoms. The van der Waals surface area contributed by atoms with E-state index in [4.69, 9.17) is 9.47 Å². The molecule has 2 amide bonds. The molecule has 2 N–H and O–H groups in total. The maximum Gasteiger partial charge on any atom is 0.329 e. The molecule has 0 spiro atoms. The molecule has 0 fully saturated rings. The van der Waals surface area contributed by atoms with Crippen molar-refractivity contribution in [2.24, 2.45) is 5.10 Å². The fourth-order valence-electron chi connectivity index (χ4n) is 3.52. The van der Waals surface area contributed by atoms with E-state index in [1.54, 1.807) is 24.3 Å². The number of hydrogen-bond acceptors (Lipinski definition) is 5. The molecule has 0 saturated carbocycles. The zero-order chi connectivity index (χ0) is 25.3. The largest absolute Gasteiger partial charge is 0.490 e. The van der Waals surface area contributed by atoms with Crippen molar-refractivity contribution in [1.29, 1.82) is 0 Å². The number of rotatable bonds is 8. The molecule has 4 rings (SSSR count). The molecule has 4 aromatic carbocycles. The molecule has 0 aliphatic heterocycles. The minimum Gasteiger partial charge on any atom is -0.490 e. The van der Waals surface area contributed by atoms with Gasteiger partial charge in [-0.2, -0.15) is 5.10 Å². The summed E-state index contributed by atoms with van der Waals surface area (Å²) in [5.74, 6) is -1.63. The molecule has 0 aliphatic rings. The minimum absolute atomic E-state index is 0.0953. The molecule has 0 radical (unpaired) electrons. The summed E-state index contributed by atoms with van der Waals surface area (Å²) in [5, 5.41) is 8.26. The van der Waals surface area contributed by atoms with Gasteiger partial charge in [-0.25, -0.2) is 9.82 Å². The Morgan fingerprint density at radius 2 is 1.67 bits per heavy atom. The molecule has 0 atom stereocenters. The maximum atomic E-state index is 13.6. The predicted molar refractivity (Wildman–Crippen MR) is 137 cm³/mol. The van der Waals surface area contributed by atoms with E-state index in [9.17, 15) is 14.0 Å². The van der Waals surface area contributed by atoms with Crippen LogP contribution in [0.2, 0.25) is 0 Å². The molecular formula is C28H24FN3O4. The lowest BCUT2D eigenvalue weighted by Gasteiger charge is -2.13. The standard InChI is InChI=1S/C28H24FN3O4/c1-2-35-26-16-19(17-30-32-28(34)27(33)31-24-13-6-5-12-23(24)29)14-15-25(26)36-18-21-10-7-9-20-8-3-4-11-22(20)21/h3-17H,2,18H2,1H3,(H,31,33)(H,32,34)/b30-17+. The predicted octanol–water partition coefficient (Wildman–Crippen LogP) is 5.05. The second kappa shape index (κ2) is 11.6. The highest BCUT2D eigenvalue weighted by molar-refractivity contribution is 6.39. The monoisotopic (exact) mass is 485 g/mol. The summed E-state index contributed by atoms with van der Waals surface area (Å²) in [6, 6.07) is 24.9. The van der Waals surface area contributed by atoms with Crippen LogP contribution in [0, 0.1) is 5.82 Å². The third-order valence-corrected chi connectivity index (χ3v) is 5.24. The number of hydrazone groups is 1. The smallest absolute Gasteiger partial charge is 0.329 e. The van der Waals surface area contributed by atoms with Crippen LogP contribution < -0.4 is 20.2 Å². The van der Waals surface area contributed by atoms with Crippen LogP contribution in [0.4, 0.5) is 10.1 Å². The number of fused-ring (bicyclic) bond motifs is 1. The van der Waals surface area contributed by atoms with Crippen molar-refractivity contribution < 1.29 is 23.5 Å². The van der Waals surface area contributed by atoms with Crippen molar-refractivity contribution >= 4 is 34.5 Å². The SMILES string of the molecule is CCOc1cc(/C=N/NC(=O)C(=O)Nc2ccccc2F)ccc1OCc1cccc2ccccc12. The zero-order valence-corrected chi connectivity index (χ0v) is 19.5. The topological polar surface area (TPSA) is 89.0 Å². The summed E-state index contributed by atoms with van der Waals surface area (Å²) < 4.78 is 25.4. The van der Waals surface area contributed by atoms with Gasteiger partial charge in [-0.3, -0.25) is 9.59 Å². The molecular weight excluding hydrogens is 461 g/mol. The van der Waals surface area contributed by atoms with Crippen LogP contribution in [-0.4, -0.2) is 24.6 Å². The quantitative estimate of drug-likeness (QED) is 0.208. The average molecular weight is 486 g/mol. The summed E-state index contributed by atoms with van der Waals surface area (Å²) in [7, 11) is 0. The maximum absolute atomic E-state index is 13.6. The molecule has 8 heteroatoms. The van der Waals surface area contributed by atoms with Crippen molar-refractivity contribution in [3.63, 3.8) is 0 Å². The minimum atomic E-state index is -1.04. The van der Waals surface area contributed by atoms with Gasteiger partial charge >= 0.3 is 11.8 Å². The molecule has 0 heterocycles. The first kappa shape index (κ1) is 24.4. The van der Waals surface area contributed by atoms with Gasteiger partial charge < -0.3 is 14.8 Å². The number of nitrogens with zero attached hydrogens (tertiary/aromatic N) is 1. The lowest BCUT2D eigenvalue weighted by atomic mass is 10.1. The Balaban J connectivity index is 1.40. The van der Waals surface area contributed by atoms with Crippen LogP contribution in [0.1, 0.15) is 18.1 Å². The van der Waals surface area contributed by atoms with E-state index in [1.807, 2.05) is 31.2 Å². The number of hydrogen-bond donors (Lipinski definition) is 2. The number of nitrogens with one attached hydrogen (secondary N) is 2.